The lowest BCUT2D eigenvalue weighted by molar-refractivity contribution is 0.0731. The first kappa shape index (κ1) is 14.3. The number of aliphatic hydroxyl groups excluding tert-OH is 1. The molecule has 3 unspecified atom stereocenters. The van der Waals surface area contributed by atoms with Gasteiger partial charge in [-0.05, 0) is 32.6 Å². The summed E-state index contributed by atoms with van der Waals surface area (Å²) >= 11 is 0. The molecular formula is C13H26N2O2. The largest absolute Gasteiger partial charge is 0.393 e. The van der Waals surface area contributed by atoms with Crippen LogP contribution < -0.4 is 5.32 Å². The zero-order chi connectivity index (χ0) is 13.0. The Kier molecular flexibility index (Phi) is 5.25. The van der Waals surface area contributed by atoms with E-state index >= 15 is 0 Å². The predicted octanol–water partition coefficient (Wildman–Crippen LogP) is 1.83. The molecule has 0 saturated carbocycles. The maximum absolute atomic E-state index is 12.0. The summed E-state index contributed by atoms with van der Waals surface area (Å²) in [5.74, 6) is 0.667. The van der Waals surface area contributed by atoms with E-state index in [9.17, 15) is 9.90 Å². The highest BCUT2D eigenvalue weighted by atomic mass is 16.3. The fourth-order valence-corrected chi connectivity index (χ4v) is 2.04. The Balaban J connectivity index is 2.46. The molecule has 0 aromatic heterocycles. The molecule has 0 radical (unpaired) electrons. The van der Waals surface area contributed by atoms with Crippen molar-refractivity contribution < 1.29 is 9.90 Å². The summed E-state index contributed by atoms with van der Waals surface area (Å²) in [4.78, 5) is 13.8. The molecular weight excluding hydrogens is 216 g/mol. The van der Waals surface area contributed by atoms with Crippen molar-refractivity contribution in [1.82, 2.24) is 10.2 Å². The molecule has 4 nitrogen and oxygen atoms in total. The molecule has 0 aromatic rings. The van der Waals surface area contributed by atoms with Crippen molar-refractivity contribution in [2.45, 2.75) is 52.7 Å². The van der Waals surface area contributed by atoms with Gasteiger partial charge < -0.3 is 15.3 Å². The number of hydrogen-bond acceptors (Lipinski definition) is 2. The van der Waals surface area contributed by atoms with Gasteiger partial charge in [0.25, 0.3) is 0 Å². The molecule has 0 aliphatic carbocycles. The molecule has 1 saturated heterocycles. The highest BCUT2D eigenvalue weighted by Gasteiger charge is 2.27. The van der Waals surface area contributed by atoms with Crippen LogP contribution in [0.25, 0.3) is 0 Å². The van der Waals surface area contributed by atoms with E-state index in [1.165, 1.54) is 0 Å². The number of carbonyl (C=O) groups is 1. The number of aliphatic hydroxyl groups is 1. The number of nitrogens with zero attached hydrogens (tertiary/aromatic N) is 1. The van der Waals surface area contributed by atoms with Crippen molar-refractivity contribution in [2.75, 3.05) is 13.1 Å². The van der Waals surface area contributed by atoms with E-state index in [4.69, 9.17) is 0 Å². The van der Waals surface area contributed by atoms with E-state index in [0.29, 0.717) is 12.5 Å². The van der Waals surface area contributed by atoms with Crippen LogP contribution in [-0.2, 0) is 0 Å². The molecule has 100 valence electrons. The van der Waals surface area contributed by atoms with Crippen LogP contribution in [0.2, 0.25) is 0 Å². The smallest absolute Gasteiger partial charge is 0.317 e. The Morgan fingerprint density at radius 1 is 1.35 bits per heavy atom. The Bertz CT molecular complexity index is 254. The van der Waals surface area contributed by atoms with Gasteiger partial charge in [-0.1, -0.05) is 13.8 Å². The van der Waals surface area contributed by atoms with Gasteiger partial charge in [-0.15, -0.1) is 0 Å². The minimum absolute atomic E-state index is 0.0107. The number of hydrogen-bond donors (Lipinski definition) is 2. The van der Waals surface area contributed by atoms with Gasteiger partial charge in [0, 0.05) is 25.0 Å². The highest BCUT2D eigenvalue weighted by molar-refractivity contribution is 5.74. The maximum atomic E-state index is 12.0. The summed E-state index contributed by atoms with van der Waals surface area (Å²) in [6.45, 7) is 9.51. The summed E-state index contributed by atoms with van der Waals surface area (Å²) in [6, 6.07) is 0.200. The van der Waals surface area contributed by atoms with Crippen molar-refractivity contribution >= 4 is 6.03 Å². The molecule has 2 amide bonds. The molecule has 2 N–H and O–H groups in total. The number of piperidine rings is 1. The van der Waals surface area contributed by atoms with Gasteiger partial charge in [0.05, 0.1) is 6.10 Å². The van der Waals surface area contributed by atoms with E-state index in [1.807, 2.05) is 18.7 Å². The SMILES string of the molecule is CC(C)C(C)NC(=O)N1CCCC(C(C)O)C1. The summed E-state index contributed by atoms with van der Waals surface area (Å²) in [5.41, 5.74) is 0. The Morgan fingerprint density at radius 3 is 2.53 bits per heavy atom. The first-order valence-electron chi connectivity index (χ1n) is 6.65. The molecule has 1 aliphatic rings. The van der Waals surface area contributed by atoms with Crippen LogP contribution >= 0.6 is 0 Å². The second kappa shape index (κ2) is 6.24. The minimum atomic E-state index is -0.326. The monoisotopic (exact) mass is 242 g/mol. The number of nitrogens with one attached hydrogen (secondary N) is 1. The van der Waals surface area contributed by atoms with Crippen LogP contribution in [0.15, 0.2) is 0 Å². The fourth-order valence-electron chi connectivity index (χ4n) is 2.04. The average Bonchev–Trinajstić information content (AvgIpc) is 2.28. The molecule has 4 heteroatoms. The standard InChI is InChI=1S/C13H26N2O2/c1-9(2)10(3)14-13(17)15-7-5-6-12(8-15)11(4)16/h9-12,16H,5-8H2,1-4H3,(H,14,17). The van der Waals surface area contributed by atoms with Crippen LogP contribution in [0.3, 0.4) is 0 Å². The van der Waals surface area contributed by atoms with Crippen LogP contribution in [0.4, 0.5) is 4.79 Å². The molecule has 17 heavy (non-hydrogen) atoms. The van der Waals surface area contributed by atoms with Gasteiger partial charge in [0.2, 0.25) is 0 Å². The second-order valence-electron chi connectivity index (χ2n) is 5.57. The zero-order valence-electron chi connectivity index (χ0n) is 11.4. The van der Waals surface area contributed by atoms with E-state index in [-0.39, 0.29) is 24.1 Å². The third-order valence-electron chi connectivity index (χ3n) is 3.78. The number of rotatable bonds is 3. The number of urea groups is 1. The molecule has 1 fully saturated rings. The Hall–Kier alpha value is -0.770. The quantitative estimate of drug-likeness (QED) is 0.793. The van der Waals surface area contributed by atoms with Gasteiger partial charge in [0.1, 0.15) is 0 Å². The molecule has 0 aromatic carbocycles. The molecule has 0 bridgehead atoms. The van der Waals surface area contributed by atoms with Crippen molar-refractivity contribution in [3.63, 3.8) is 0 Å². The summed E-state index contributed by atoms with van der Waals surface area (Å²) in [6.07, 6.45) is 1.67. The topological polar surface area (TPSA) is 52.6 Å². The lowest BCUT2D eigenvalue weighted by atomic mass is 9.93. The third kappa shape index (κ3) is 4.19. The van der Waals surface area contributed by atoms with Crippen molar-refractivity contribution in [1.29, 1.82) is 0 Å². The fraction of sp³-hybridized carbons (Fsp3) is 0.923. The van der Waals surface area contributed by atoms with Crippen LogP contribution in [0.5, 0.6) is 0 Å². The van der Waals surface area contributed by atoms with Gasteiger partial charge in [-0.2, -0.15) is 0 Å². The normalized spacial score (nSPS) is 24.6. The molecule has 1 rings (SSSR count). The lowest BCUT2D eigenvalue weighted by Crippen LogP contribution is -2.50. The summed E-state index contributed by atoms with van der Waals surface area (Å²) < 4.78 is 0. The van der Waals surface area contributed by atoms with E-state index in [1.54, 1.807) is 0 Å². The molecule has 0 spiro atoms. The molecule has 1 aliphatic heterocycles. The maximum Gasteiger partial charge on any atom is 0.317 e. The predicted molar refractivity (Wildman–Crippen MR) is 68.8 cm³/mol. The Morgan fingerprint density at radius 2 is 2.00 bits per heavy atom. The summed E-state index contributed by atoms with van der Waals surface area (Å²) in [7, 11) is 0. The highest BCUT2D eigenvalue weighted by Crippen LogP contribution is 2.19. The average molecular weight is 242 g/mol. The van der Waals surface area contributed by atoms with Crippen LogP contribution in [-0.4, -0.2) is 41.3 Å². The van der Waals surface area contributed by atoms with Crippen molar-refractivity contribution in [2.24, 2.45) is 11.8 Å². The molecule has 1 heterocycles. The first-order chi connectivity index (χ1) is 7.91. The second-order valence-corrected chi connectivity index (χ2v) is 5.57. The third-order valence-corrected chi connectivity index (χ3v) is 3.78. The van der Waals surface area contributed by atoms with Crippen LogP contribution in [0, 0.1) is 11.8 Å². The van der Waals surface area contributed by atoms with Gasteiger partial charge in [-0.3, -0.25) is 0 Å². The van der Waals surface area contributed by atoms with Gasteiger partial charge >= 0.3 is 6.03 Å². The van der Waals surface area contributed by atoms with E-state index in [0.717, 1.165) is 19.4 Å². The first-order valence-corrected chi connectivity index (χ1v) is 6.65. The van der Waals surface area contributed by atoms with Gasteiger partial charge in [-0.25, -0.2) is 4.79 Å². The Labute approximate surface area is 104 Å². The summed E-state index contributed by atoms with van der Waals surface area (Å²) in [5, 5.41) is 12.6. The lowest BCUT2D eigenvalue weighted by Gasteiger charge is -2.35. The van der Waals surface area contributed by atoms with Crippen molar-refractivity contribution in [3.05, 3.63) is 0 Å². The van der Waals surface area contributed by atoms with E-state index in [2.05, 4.69) is 19.2 Å². The van der Waals surface area contributed by atoms with Gasteiger partial charge in [0.15, 0.2) is 0 Å². The number of carbonyl (C=O) groups excluding carboxylic acids is 1. The minimum Gasteiger partial charge on any atom is -0.393 e. The zero-order valence-corrected chi connectivity index (χ0v) is 11.4. The van der Waals surface area contributed by atoms with Crippen molar-refractivity contribution in [3.8, 4) is 0 Å². The number of amides is 2. The van der Waals surface area contributed by atoms with E-state index < -0.39 is 0 Å². The van der Waals surface area contributed by atoms with Crippen LogP contribution in [0.1, 0.15) is 40.5 Å². The molecule has 3 atom stereocenters. The number of likely N-dealkylation sites (tertiary alicyclic amines) is 1.